The van der Waals surface area contributed by atoms with Crippen LogP contribution in [0.25, 0.3) is 5.57 Å². The minimum Gasteiger partial charge on any atom is -0.361 e. The number of anilines is 2. The van der Waals surface area contributed by atoms with Gasteiger partial charge in [-0.1, -0.05) is 18.6 Å². The summed E-state index contributed by atoms with van der Waals surface area (Å²) in [6.07, 6.45) is 5.56. The Kier molecular flexibility index (Phi) is 4.71. The van der Waals surface area contributed by atoms with E-state index in [2.05, 4.69) is 27.7 Å². The molecule has 2 aliphatic rings. The quantitative estimate of drug-likeness (QED) is 0.811. The molecule has 4 nitrogen and oxygen atoms in total. The van der Waals surface area contributed by atoms with E-state index in [1.54, 1.807) is 12.3 Å². The summed E-state index contributed by atoms with van der Waals surface area (Å²) < 4.78 is 13.5. The summed E-state index contributed by atoms with van der Waals surface area (Å²) in [4.78, 5) is 14.6. The van der Waals surface area contributed by atoms with Crippen LogP contribution in [0.1, 0.15) is 30.4 Å². The predicted octanol–water partition coefficient (Wildman–Crippen LogP) is 4.22. The van der Waals surface area contributed by atoms with E-state index in [-0.39, 0.29) is 11.7 Å². The zero-order chi connectivity index (χ0) is 17.9. The molecule has 0 aromatic heterocycles. The van der Waals surface area contributed by atoms with E-state index in [0.717, 1.165) is 12.2 Å². The molecule has 0 aliphatic carbocycles. The molecule has 26 heavy (non-hydrogen) atoms. The lowest BCUT2D eigenvalue weighted by Crippen LogP contribution is -2.29. The molecule has 2 N–H and O–H groups in total. The third-order valence-corrected chi connectivity index (χ3v) is 4.96. The van der Waals surface area contributed by atoms with Crippen LogP contribution < -0.4 is 10.6 Å². The van der Waals surface area contributed by atoms with Gasteiger partial charge in [0.15, 0.2) is 0 Å². The molecular formula is C21H22FN3O. The normalized spacial score (nSPS) is 18.7. The van der Waals surface area contributed by atoms with Crippen LogP contribution >= 0.6 is 0 Å². The van der Waals surface area contributed by atoms with Crippen LogP contribution in [0.3, 0.4) is 0 Å². The van der Waals surface area contributed by atoms with Gasteiger partial charge in [0.05, 0.1) is 5.57 Å². The Morgan fingerprint density at radius 2 is 1.85 bits per heavy atom. The van der Waals surface area contributed by atoms with Crippen LogP contribution in [-0.2, 0) is 11.3 Å². The van der Waals surface area contributed by atoms with E-state index in [4.69, 9.17) is 0 Å². The second kappa shape index (κ2) is 7.30. The second-order valence-corrected chi connectivity index (χ2v) is 6.88. The summed E-state index contributed by atoms with van der Waals surface area (Å²) in [5.41, 5.74) is 3.86. The third kappa shape index (κ3) is 3.63. The van der Waals surface area contributed by atoms with Crippen LogP contribution in [-0.4, -0.2) is 23.9 Å². The number of halogens is 1. The van der Waals surface area contributed by atoms with E-state index in [1.165, 1.54) is 50.0 Å². The SMILES string of the molecule is O=C1Nc2ccc(F)cc2C1=CNc1ccc(CN2CCCCC2)cc1. The highest BCUT2D eigenvalue weighted by Gasteiger charge is 2.24. The zero-order valence-corrected chi connectivity index (χ0v) is 14.6. The number of hydrogen-bond donors (Lipinski definition) is 2. The molecule has 0 unspecified atom stereocenters. The van der Waals surface area contributed by atoms with Crippen molar-refractivity contribution in [1.82, 2.24) is 4.90 Å². The highest BCUT2D eigenvalue weighted by Crippen LogP contribution is 2.32. The van der Waals surface area contributed by atoms with Gasteiger partial charge in [-0.2, -0.15) is 0 Å². The maximum absolute atomic E-state index is 13.5. The van der Waals surface area contributed by atoms with Crippen molar-refractivity contribution in [2.45, 2.75) is 25.8 Å². The molecule has 1 fully saturated rings. The molecule has 0 atom stereocenters. The van der Waals surface area contributed by atoms with Gasteiger partial charge in [-0.05, 0) is 61.8 Å². The van der Waals surface area contributed by atoms with Crippen molar-refractivity contribution in [1.29, 1.82) is 0 Å². The van der Waals surface area contributed by atoms with Crippen molar-refractivity contribution in [3.8, 4) is 0 Å². The minimum atomic E-state index is -0.354. The first-order chi connectivity index (χ1) is 12.7. The number of amides is 1. The first-order valence-electron chi connectivity index (χ1n) is 9.08. The highest BCUT2D eigenvalue weighted by molar-refractivity contribution is 6.31. The Balaban J connectivity index is 1.44. The highest BCUT2D eigenvalue weighted by atomic mass is 19.1. The van der Waals surface area contributed by atoms with Crippen LogP contribution in [0.2, 0.25) is 0 Å². The molecule has 0 saturated carbocycles. The summed E-state index contributed by atoms with van der Waals surface area (Å²) in [6.45, 7) is 3.34. The molecular weight excluding hydrogens is 329 g/mol. The number of nitrogens with zero attached hydrogens (tertiary/aromatic N) is 1. The average molecular weight is 351 g/mol. The Labute approximate surface area is 152 Å². The van der Waals surface area contributed by atoms with Crippen molar-refractivity contribution < 1.29 is 9.18 Å². The molecule has 0 bridgehead atoms. The van der Waals surface area contributed by atoms with Crippen LogP contribution in [0.4, 0.5) is 15.8 Å². The van der Waals surface area contributed by atoms with Gasteiger partial charge in [-0.3, -0.25) is 9.69 Å². The van der Waals surface area contributed by atoms with Gasteiger partial charge in [0.25, 0.3) is 5.91 Å². The number of carbonyl (C=O) groups is 1. The van der Waals surface area contributed by atoms with E-state index in [1.807, 2.05) is 12.1 Å². The molecule has 1 amide bonds. The summed E-state index contributed by atoms with van der Waals surface area (Å²) in [7, 11) is 0. The van der Waals surface area contributed by atoms with E-state index in [0.29, 0.717) is 16.8 Å². The van der Waals surface area contributed by atoms with Crippen LogP contribution in [0, 0.1) is 5.82 Å². The first kappa shape index (κ1) is 16.8. The van der Waals surface area contributed by atoms with Gasteiger partial charge in [0.1, 0.15) is 5.82 Å². The van der Waals surface area contributed by atoms with Crippen LogP contribution in [0.5, 0.6) is 0 Å². The fourth-order valence-corrected chi connectivity index (χ4v) is 3.54. The van der Waals surface area contributed by atoms with Gasteiger partial charge >= 0.3 is 0 Å². The summed E-state index contributed by atoms with van der Waals surface area (Å²) in [5, 5.41) is 5.90. The maximum Gasteiger partial charge on any atom is 0.257 e. The topological polar surface area (TPSA) is 44.4 Å². The number of rotatable bonds is 4. The Morgan fingerprint density at radius 3 is 2.62 bits per heavy atom. The van der Waals surface area contributed by atoms with E-state index in [9.17, 15) is 9.18 Å². The van der Waals surface area contributed by atoms with Crippen molar-refractivity contribution in [3.05, 3.63) is 65.6 Å². The molecule has 2 heterocycles. The number of fused-ring (bicyclic) bond motifs is 1. The molecule has 1 saturated heterocycles. The van der Waals surface area contributed by atoms with Crippen LogP contribution in [0.15, 0.2) is 48.7 Å². The predicted molar refractivity (Wildman–Crippen MR) is 102 cm³/mol. The lowest BCUT2D eigenvalue weighted by atomic mass is 10.1. The Bertz CT molecular complexity index is 839. The zero-order valence-electron chi connectivity index (χ0n) is 14.6. The smallest absolute Gasteiger partial charge is 0.257 e. The largest absolute Gasteiger partial charge is 0.361 e. The molecule has 134 valence electrons. The number of benzene rings is 2. The molecule has 0 radical (unpaired) electrons. The molecule has 2 aromatic rings. The van der Waals surface area contributed by atoms with Gasteiger partial charge in [-0.15, -0.1) is 0 Å². The first-order valence-corrected chi connectivity index (χ1v) is 9.08. The lowest BCUT2D eigenvalue weighted by Gasteiger charge is -2.26. The molecule has 4 rings (SSSR count). The third-order valence-electron chi connectivity index (χ3n) is 4.96. The lowest BCUT2D eigenvalue weighted by molar-refractivity contribution is -0.110. The van der Waals surface area contributed by atoms with Crippen molar-refractivity contribution in [2.24, 2.45) is 0 Å². The van der Waals surface area contributed by atoms with Gasteiger partial charge in [0, 0.05) is 29.7 Å². The fourth-order valence-electron chi connectivity index (χ4n) is 3.54. The molecule has 0 spiro atoms. The summed E-state index contributed by atoms with van der Waals surface area (Å²) in [5.74, 6) is -0.576. The number of piperidine rings is 1. The van der Waals surface area contributed by atoms with Crippen molar-refractivity contribution >= 4 is 22.9 Å². The van der Waals surface area contributed by atoms with E-state index >= 15 is 0 Å². The van der Waals surface area contributed by atoms with Crippen molar-refractivity contribution in [3.63, 3.8) is 0 Å². The Morgan fingerprint density at radius 1 is 1.08 bits per heavy atom. The standard InChI is InChI=1S/C21H22FN3O/c22-16-6-9-20-18(12-16)19(21(26)24-20)13-23-17-7-4-15(5-8-17)14-25-10-2-1-3-11-25/h4-9,12-13,23H,1-3,10-11,14H2,(H,24,26). The number of carbonyl (C=O) groups excluding carboxylic acids is 1. The van der Waals surface area contributed by atoms with Crippen molar-refractivity contribution in [2.75, 3.05) is 23.7 Å². The molecule has 2 aromatic carbocycles. The number of likely N-dealkylation sites (tertiary alicyclic amines) is 1. The number of nitrogens with one attached hydrogen (secondary N) is 2. The van der Waals surface area contributed by atoms with Gasteiger partial charge in [0.2, 0.25) is 0 Å². The number of hydrogen-bond acceptors (Lipinski definition) is 3. The summed E-state index contributed by atoms with van der Waals surface area (Å²) >= 11 is 0. The maximum atomic E-state index is 13.5. The van der Waals surface area contributed by atoms with E-state index < -0.39 is 0 Å². The van der Waals surface area contributed by atoms with Gasteiger partial charge < -0.3 is 10.6 Å². The minimum absolute atomic E-state index is 0.222. The molecule has 5 heteroatoms. The monoisotopic (exact) mass is 351 g/mol. The summed E-state index contributed by atoms with van der Waals surface area (Å²) in [6, 6.07) is 12.5. The van der Waals surface area contributed by atoms with Gasteiger partial charge in [-0.25, -0.2) is 4.39 Å². The fraction of sp³-hybridized carbons (Fsp3) is 0.286. The second-order valence-electron chi connectivity index (χ2n) is 6.88. The Hall–Kier alpha value is -2.66. The molecule has 2 aliphatic heterocycles. The average Bonchev–Trinajstić information content (AvgIpc) is 2.96.